The van der Waals surface area contributed by atoms with Crippen LogP contribution in [0, 0.1) is 6.92 Å². The van der Waals surface area contributed by atoms with Gasteiger partial charge in [-0.3, -0.25) is 9.59 Å². The highest BCUT2D eigenvalue weighted by atomic mass is 35.5. The Morgan fingerprint density at radius 2 is 1.67 bits per heavy atom. The van der Waals surface area contributed by atoms with Gasteiger partial charge in [0, 0.05) is 26.2 Å². The van der Waals surface area contributed by atoms with Gasteiger partial charge in [-0.1, -0.05) is 48.0 Å². The quantitative estimate of drug-likeness (QED) is 0.741. The van der Waals surface area contributed by atoms with Crippen LogP contribution in [0.3, 0.4) is 0 Å². The van der Waals surface area contributed by atoms with Crippen LogP contribution < -0.4 is 4.90 Å². The van der Waals surface area contributed by atoms with Crippen LogP contribution in [0.4, 0.5) is 5.69 Å². The van der Waals surface area contributed by atoms with Crippen LogP contribution in [-0.2, 0) is 20.7 Å². The van der Waals surface area contributed by atoms with Crippen molar-refractivity contribution in [1.82, 2.24) is 4.90 Å². The van der Waals surface area contributed by atoms with E-state index in [-0.39, 0.29) is 24.9 Å². The summed E-state index contributed by atoms with van der Waals surface area (Å²) in [5.41, 5.74) is 2.94. The highest BCUT2D eigenvalue weighted by molar-refractivity contribution is 6.33. The van der Waals surface area contributed by atoms with Crippen molar-refractivity contribution < 1.29 is 14.3 Å². The molecule has 0 saturated carbocycles. The van der Waals surface area contributed by atoms with E-state index < -0.39 is 0 Å². The molecule has 0 aliphatic carbocycles. The lowest BCUT2D eigenvalue weighted by Crippen LogP contribution is -2.50. The maximum absolute atomic E-state index is 12.3. The zero-order valence-electron chi connectivity index (χ0n) is 15.4. The Labute approximate surface area is 164 Å². The van der Waals surface area contributed by atoms with Crippen molar-refractivity contribution in [2.24, 2.45) is 0 Å². The van der Waals surface area contributed by atoms with Gasteiger partial charge in [0.05, 0.1) is 17.1 Å². The largest absolute Gasteiger partial charge is 0.455 e. The first kappa shape index (κ1) is 19.2. The number of carbonyl (C=O) groups is 2. The van der Waals surface area contributed by atoms with Gasteiger partial charge >= 0.3 is 5.97 Å². The van der Waals surface area contributed by atoms with Gasteiger partial charge in [0.25, 0.3) is 5.91 Å². The van der Waals surface area contributed by atoms with Gasteiger partial charge in [-0.2, -0.15) is 0 Å². The molecule has 0 bridgehead atoms. The third-order valence-electron chi connectivity index (χ3n) is 4.78. The number of amides is 1. The summed E-state index contributed by atoms with van der Waals surface area (Å²) in [6.45, 7) is 4.31. The molecule has 0 N–H and O–H groups in total. The van der Waals surface area contributed by atoms with Crippen molar-refractivity contribution >= 4 is 29.2 Å². The molecule has 0 radical (unpaired) electrons. The van der Waals surface area contributed by atoms with Gasteiger partial charge in [0.2, 0.25) is 0 Å². The number of carbonyl (C=O) groups excluding carboxylic acids is 2. The van der Waals surface area contributed by atoms with E-state index in [1.165, 1.54) is 0 Å². The monoisotopic (exact) mass is 386 g/mol. The minimum Gasteiger partial charge on any atom is -0.455 e. The van der Waals surface area contributed by atoms with Crippen LogP contribution in [0.25, 0.3) is 0 Å². The van der Waals surface area contributed by atoms with E-state index in [4.69, 9.17) is 16.3 Å². The number of piperazine rings is 1. The molecular formula is C21H23ClN2O3. The molecule has 1 aliphatic heterocycles. The third-order valence-corrected chi connectivity index (χ3v) is 5.10. The molecule has 6 heteroatoms. The summed E-state index contributed by atoms with van der Waals surface area (Å²) in [5, 5.41) is 0.711. The summed E-state index contributed by atoms with van der Waals surface area (Å²) >= 11 is 6.24. The Morgan fingerprint density at radius 1 is 1.00 bits per heavy atom. The Balaban J connectivity index is 1.45. The van der Waals surface area contributed by atoms with E-state index in [9.17, 15) is 9.59 Å². The highest BCUT2D eigenvalue weighted by Crippen LogP contribution is 2.26. The van der Waals surface area contributed by atoms with E-state index in [2.05, 4.69) is 4.90 Å². The number of nitrogens with zero attached hydrogens (tertiary/aromatic N) is 2. The van der Waals surface area contributed by atoms with Gasteiger partial charge < -0.3 is 14.5 Å². The lowest BCUT2D eigenvalue weighted by atomic mass is 10.1. The number of rotatable bonds is 5. The van der Waals surface area contributed by atoms with Gasteiger partial charge in [0.1, 0.15) is 0 Å². The van der Waals surface area contributed by atoms with E-state index in [1.807, 2.05) is 55.5 Å². The molecule has 27 heavy (non-hydrogen) atoms. The SMILES string of the molecule is Cc1ccccc1CC(=O)OCC(=O)N1CCN(c2ccccc2Cl)CC1. The second-order valence-corrected chi connectivity index (χ2v) is 6.99. The second kappa shape index (κ2) is 8.91. The molecule has 3 rings (SSSR count). The molecule has 142 valence electrons. The topological polar surface area (TPSA) is 49.9 Å². The van der Waals surface area contributed by atoms with Crippen LogP contribution in [0.2, 0.25) is 5.02 Å². The van der Waals surface area contributed by atoms with E-state index in [1.54, 1.807) is 4.90 Å². The van der Waals surface area contributed by atoms with Crippen molar-refractivity contribution in [2.45, 2.75) is 13.3 Å². The summed E-state index contributed by atoms with van der Waals surface area (Å²) in [5.74, 6) is -0.542. The first-order valence-corrected chi connectivity index (χ1v) is 9.40. The Morgan fingerprint density at radius 3 is 2.37 bits per heavy atom. The zero-order chi connectivity index (χ0) is 19.2. The first-order chi connectivity index (χ1) is 13.0. The van der Waals surface area contributed by atoms with E-state index in [0.717, 1.165) is 16.8 Å². The maximum Gasteiger partial charge on any atom is 0.310 e. The van der Waals surface area contributed by atoms with Crippen LogP contribution in [0.5, 0.6) is 0 Å². The summed E-state index contributed by atoms with van der Waals surface area (Å²) < 4.78 is 5.18. The maximum atomic E-state index is 12.3. The predicted molar refractivity (Wildman–Crippen MR) is 106 cm³/mol. The second-order valence-electron chi connectivity index (χ2n) is 6.58. The number of hydrogen-bond acceptors (Lipinski definition) is 4. The fraction of sp³-hybridized carbons (Fsp3) is 0.333. The molecule has 5 nitrogen and oxygen atoms in total. The van der Waals surface area contributed by atoms with Gasteiger partial charge in [-0.05, 0) is 30.2 Å². The minimum absolute atomic E-state index is 0.160. The Hall–Kier alpha value is -2.53. The summed E-state index contributed by atoms with van der Waals surface area (Å²) in [7, 11) is 0. The number of esters is 1. The molecule has 1 fully saturated rings. The smallest absolute Gasteiger partial charge is 0.310 e. The lowest BCUT2D eigenvalue weighted by molar-refractivity contribution is -0.151. The molecule has 1 amide bonds. The molecule has 0 aromatic heterocycles. The summed E-state index contributed by atoms with van der Waals surface area (Å²) in [4.78, 5) is 28.2. The number of hydrogen-bond donors (Lipinski definition) is 0. The Bertz CT molecular complexity index is 817. The van der Waals surface area contributed by atoms with Crippen LogP contribution in [-0.4, -0.2) is 49.6 Å². The van der Waals surface area contributed by atoms with Gasteiger partial charge in [-0.25, -0.2) is 0 Å². The zero-order valence-corrected chi connectivity index (χ0v) is 16.1. The number of aryl methyl sites for hydroxylation is 1. The van der Waals surface area contributed by atoms with E-state index in [0.29, 0.717) is 31.2 Å². The average Bonchev–Trinajstić information content (AvgIpc) is 2.68. The molecule has 0 atom stereocenters. The standard InChI is InChI=1S/C21H23ClN2O3/c1-16-6-2-3-7-17(16)14-21(26)27-15-20(25)24-12-10-23(11-13-24)19-9-5-4-8-18(19)22/h2-9H,10-15H2,1H3. The average molecular weight is 387 g/mol. The van der Waals surface area contributed by atoms with Gasteiger partial charge in [0.15, 0.2) is 6.61 Å². The van der Waals surface area contributed by atoms with Crippen LogP contribution in [0.15, 0.2) is 48.5 Å². The summed E-state index contributed by atoms with van der Waals surface area (Å²) in [6, 6.07) is 15.4. The minimum atomic E-state index is -0.382. The molecule has 1 aliphatic rings. The molecular weight excluding hydrogens is 364 g/mol. The fourth-order valence-electron chi connectivity index (χ4n) is 3.15. The normalized spacial score (nSPS) is 14.1. The van der Waals surface area contributed by atoms with Crippen molar-refractivity contribution in [3.8, 4) is 0 Å². The number of anilines is 1. The molecule has 1 heterocycles. The van der Waals surface area contributed by atoms with Crippen LogP contribution >= 0.6 is 11.6 Å². The van der Waals surface area contributed by atoms with Gasteiger partial charge in [-0.15, -0.1) is 0 Å². The number of ether oxygens (including phenoxy) is 1. The van der Waals surface area contributed by atoms with Crippen molar-refractivity contribution in [3.05, 3.63) is 64.7 Å². The highest BCUT2D eigenvalue weighted by Gasteiger charge is 2.23. The van der Waals surface area contributed by atoms with Crippen molar-refractivity contribution in [2.75, 3.05) is 37.7 Å². The molecule has 2 aromatic rings. The first-order valence-electron chi connectivity index (χ1n) is 9.02. The third kappa shape index (κ3) is 5.01. The molecule has 0 unspecified atom stereocenters. The number of halogens is 1. The van der Waals surface area contributed by atoms with Crippen molar-refractivity contribution in [1.29, 1.82) is 0 Å². The number of para-hydroxylation sites is 1. The van der Waals surface area contributed by atoms with Crippen molar-refractivity contribution in [3.63, 3.8) is 0 Å². The molecule has 2 aromatic carbocycles. The summed E-state index contributed by atoms with van der Waals surface area (Å²) in [6.07, 6.45) is 0.181. The Kier molecular flexibility index (Phi) is 6.35. The van der Waals surface area contributed by atoms with E-state index >= 15 is 0 Å². The lowest BCUT2D eigenvalue weighted by Gasteiger charge is -2.36. The fourth-order valence-corrected chi connectivity index (χ4v) is 3.41. The molecule has 0 spiro atoms. The van der Waals surface area contributed by atoms with Crippen LogP contribution in [0.1, 0.15) is 11.1 Å². The molecule has 1 saturated heterocycles. The number of benzene rings is 2. The predicted octanol–water partition coefficient (Wildman–Crippen LogP) is 3.08.